The third kappa shape index (κ3) is 3.46. The van der Waals surface area contributed by atoms with E-state index in [2.05, 4.69) is 0 Å². The molecule has 0 saturated heterocycles. The van der Waals surface area contributed by atoms with Crippen molar-refractivity contribution in [3.05, 3.63) is 12.2 Å². The number of amides is 1. The van der Waals surface area contributed by atoms with Crippen molar-refractivity contribution in [3.63, 3.8) is 0 Å². The van der Waals surface area contributed by atoms with Gasteiger partial charge in [-0.25, -0.2) is 4.79 Å². The first-order valence-corrected chi connectivity index (χ1v) is 4.58. The van der Waals surface area contributed by atoms with Crippen molar-refractivity contribution >= 4 is 6.09 Å². The quantitative estimate of drug-likeness (QED) is 0.594. The lowest BCUT2D eigenvalue weighted by Crippen LogP contribution is -2.38. The highest BCUT2D eigenvalue weighted by atomic mass is 16.6. The molecule has 0 heterocycles. The maximum atomic E-state index is 10.5. The number of carbonyl (C=O) groups is 1. The molecule has 4 nitrogen and oxygen atoms in total. The van der Waals surface area contributed by atoms with Crippen LogP contribution < -0.4 is 11.5 Å². The van der Waals surface area contributed by atoms with Gasteiger partial charge in [-0.3, -0.25) is 0 Å². The van der Waals surface area contributed by atoms with Crippen molar-refractivity contribution in [2.24, 2.45) is 11.5 Å². The second kappa shape index (κ2) is 4.87. The van der Waals surface area contributed by atoms with Gasteiger partial charge in [0.15, 0.2) is 0 Å². The van der Waals surface area contributed by atoms with Crippen LogP contribution in [0.3, 0.4) is 0 Å². The number of carbonyl (C=O) groups excluding carboxylic acids is 1. The van der Waals surface area contributed by atoms with Crippen molar-refractivity contribution < 1.29 is 9.53 Å². The van der Waals surface area contributed by atoms with E-state index in [1.807, 2.05) is 12.2 Å². The fourth-order valence-electron chi connectivity index (χ4n) is 1.46. The van der Waals surface area contributed by atoms with Crippen LogP contribution in [0.25, 0.3) is 0 Å². The largest absolute Gasteiger partial charge is 0.444 e. The average Bonchev–Trinajstić information content (AvgIpc) is 2.04. The molecule has 0 bridgehead atoms. The topological polar surface area (TPSA) is 78.3 Å². The number of allylic oxidation sites excluding steroid dienone is 1. The standard InChI is InChI=1S/C9H16N2O2/c10-7-5-3-1-2-4-6-8(7)13-9(11)12/h3,5,7-8H,1-2,4,6,10H2,(H2,11,12). The van der Waals surface area contributed by atoms with E-state index in [0.717, 1.165) is 25.7 Å². The van der Waals surface area contributed by atoms with Gasteiger partial charge in [-0.2, -0.15) is 0 Å². The molecule has 74 valence electrons. The Morgan fingerprint density at radius 2 is 2.23 bits per heavy atom. The molecule has 0 aromatic rings. The Balaban J connectivity index is 2.52. The van der Waals surface area contributed by atoms with E-state index in [4.69, 9.17) is 16.2 Å². The lowest BCUT2D eigenvalue weighted by Gasteiger charge is -2.22. The van der Waals surface area contributed by atoms with Gasteiger partial charge in [0.2, 0.25) is 0 Å². The number of hydrogen-bond donors (Lipinski definition) is 2. The second-order valence-electron chi connectivity index (χ2n) is 3.27. The SMILES string of the molecule is NC(=O)OC1CCCCC=CC1N. The van der Waals surface area contributed by atoms with E-state index in [9.17, 15) is 4.79 Å². The van der Waals surface area contributed by atoms with Crippen molar-refractivity contribution in [2.45, 2.75) is 37.8 Å². The minimum absolute atomic E-state index is 0.215. The Kier molecular flexibility index (Phi) is 3.76. The molecule has 0 fully saturated rings. The second-order valence-corrected chi connectivity index (χ2v) is 3.27. The summed E-state index contributed by atoms with van der Waals surface area (Å²) in [6.07, 6.45) is 6.90. The van der Waals surface area contributed by atoms with Crippen molar-refractivity contribution in [1.82, 2.24) is 0 Å². The van der Waals surface area contributed by atoms with E-state index in [-0.39, 0.29) is 12.1 Å². The van der Waals surface area contributed by atoms with Crippen LogP contribution in [0, 0.1) is 0 Å². The number of primary amides is 1. The summed E-state index contributed by atoms with van der Waals surface area (Å²) in [5, 5.41) is 0. The Labute approximate surface area is 77.9 Å². The van der Waals surface area contributed by atoms with Crippen LogP contribution in [0.1, 0.15) is 25.7 Å². The van der Waals surface area contributed by atoms with Gasteiger partial charge < -0.3 is 16.2 Å². The summed E-state index contributed by atoms with van der Waals surface area (Å²) in [7, 11) is 0. The highest BCUT2D eigenvalue weighted by molar-refractivity contribution is 5.64. The summed E-state index contributed by atoms with van der Waals surface area (Å²) < 4.78 is 4.90. The van der Waals surface area contributed by atoms with E-state index in [1.165, 1.54) is 0 Å². The maximum absolute atomic E-state index is 10.5. The third-order valence-corrected chi connectivity index (χ3v) is 2.16. The number of ether oxygens (including phenoxy) is 1. The summed E-state index contributed by atoms with van der Waals surface area (Å²) in [6.45, 7) is 0. The molecule has 0 aliphatic heterocycles. The first-order valence-electron chi connectivity index (χ1n) is 4.58. The van der Waals surface area contributed by atoms with Gasteiger partial charge >= 0.3 is 6.09 Å². The van der Waals surface area contributed by atoms with Gasteiger partial charge in [0, 0.05) is 0 Å². The molecule has 1 aliphatic carbocycles. The van der Waals surface area contributed by atoms with Gasteiger partial charge in [-0.1, -0.05) is 12.2 Å². The monoisotopic (exact) mass is 184 g/mol. The molecule has 0 spiro atoms. The molecule has 4 N–H and O–H groups in total. The third-order valence-electron chi connectivity index (χ3n) is 2.16. The summed E-state index contributed by atoms with van der Waals surface area (Å²) in [4.78, 5) is 10.5. The summed E-state index contributed by atoms with van der Waals surface area (Å²) >= 11 is 0. The van der Waals surface area contributed by atoms with Crippen molar-refractivity contribution in [1.29, 1.82) is 0 Å². The van der Waals surface area contributed by atoms with E-state index < -0.39 is 6.09 Å². The Morgan fingerprint density at radius 3 is 2.92 bits per heavy atom. The fourth-order valence-corrected chi connectivity index (χ4v) is 1.46. The predicted molar refractivity (Wildman–Crippen MR) is 50.0 cm³/mol. The molecule has 13 heavy (non-hydrogen) atoms. The molecule has 1 amide bonds. The zero-order valence-corrected chi connectivity index (χ0v) is 7.61. The molecule has 2 atom stereocenters. The average molecular weight is 184 g/mol. The van der Waals surface area contributed by atoms with Gasteiger partial charge in [-0.05, 0) is 25.7 Å². The van der Waals surface area contributed by atoms with Crippen LogP contribution >= 0.6 is 0 Å². The fraction of sp³-hybridized carbons (Fsp3) is 0.667. The van der Waals surface area contributed by atoms with Crippen LogP contribution in [-0.2, 0) is 4.74 Å². The smallest absolute Gasteiger partial charge is 0.404 e. The molecule has 1 aliphatic rings. The predicted octanol–water partition coefficient (Wildman–Crippen LogP) is 0.908. The van der Waals surface area contributed by atoms with Crippen LogP contribution in [-0.4, -0.2) is 18.2 Å². The highest BCUT2D eigenvalue weighted by Crippen LogP contribution is 2.14. The van der Waals surface area contributed by atoms with Crippen LogP contribution in [0.2, 0.25) is 0 Å². The number of hydrogen-bond acceptors (Lipinski definition) is 3. The van der Waals surface area contributed by atoms with Gasteiger partial charge in [0.1, 0.15) is 6.10 Å². The lowest BCUT2D eigenvalue weighted by molar-refractivity contribution is 0.0911. The number of rotatable bonds is 1. The first-order chi connectivity index (χ1) is 6.20. The van der Waals surface area contributed by atoms with Crippen LogP contribution in [0.5, 0.6) is 0 Å². The molecule has 0 aromatic carbocycles. The minimum Gasteiger partial charge on any atom is -0.444 e. The van der Waals surface area contributed by atoms with Crippen LogP contribution in [0.15, 0.2) is 12.2 Å². The van der Waals surface area contributed by atoms with Gasteiger partial charge in [-0.15, -0.1) is 0 Å². The van der Waals surface area contributed by atoms with E-state index >= 15 is 0 Å². The minimum atomic E-state index is -0.741. The highest BCUT2D eigenvalue weighted by Gasteiger charge is 2.19. The molecule has 0 radical (unpaired) electrons. The number of nitrogens with two attached hydrogens (primary N) is 2. The van der Waals surface area contributed by atoms with Crippen LogP contribution in [0.4, 0.5) is 4.79 Å². The maximum Gasteiger partial charge on any atom is 0.404 e. The van der Waals surface area contributed by atoms with Gasteiger partial charge in [0.05, 0.1) is 6.04 Å². The lowest BCUT2D eigenvalue weighted by atomic mass is 10.0. The zero-order chi connectivity index (χ0) is 9.68. The molecule has 4 heteroatoms. The van der Waals surface area contributed by atoms with Crippen molar-refractivity contribution in [3.8, 4) is 0 Å². The molecule has 1 rings (SSSR count). The van der Waals surface area contributed by atoms with Crippen molar-refractivity contribution in [2.75, 3.05) is 0 Å². The van der Waals surface area contributed by atoms with Gasteiger partial charge in [0.25, 0.3) is 0 Å². The normalized spacial score (nSPS) is 29.0. The van der Waals surface area contributed by atoms with E-state index in [0.29, 0.717) is 0 Å². The molecule has 0 aromatic heterocycles. The summed E-state index contributed by atoms with van der Waals surface area (Å²) in [6, 6.07) is -0.215. The summed E-state index contributed by atoms with van der Waals surface area (Å²) in [5.74, 6) is 0. The Bertz CT molecular complexity index is 204. The Morgan fingerprint density at radius 1 is 1.46 bits per heavy atom. The molecule has 0 saturated carbocycles. The zero-order valence-electron chi connectivity index (χ0n) is 7.61. The molecular weight excluding hydrogens is 168 g/mol. The summed E-state index contributed by atoms with van der Waals surface area (Å²) in [5.41, 5.74) is 10.7. The molecular formula is C9H16N2O2. The Hall–Kier alpha value is -1.03. The molecule has 2 unspecified atom stereocenters. The first kappa shape index (κ1) is 10.1. The van der Waals surface area contributed by atoms with E-state index in [1.54, 1.807) is 0 Å².